The van der Waals surface area contributed by atoms with Gasteiger partial charge >= 0.3 is 0 Å². The van der Waals surface area contributed by atoms with Crippen LogP contribution in [0.1, 0.15) is 106 Å². The Morgan fingerprint density at radius 2 is 1.00 bits per heavy atom. The highest BCUT2D eigenvalue weighted by atomic mass is 16.1. The van der Waals surface area contributed by atoms with E-state index in [1.54, 1.807) is 0 Å². The van der Waals surface area contributed by atoms with E-state index >= 15 is 0 Å². The highest BCUT2D eigenvalue weighted by Crippen LogP contribution is 2.64. The molecule has 2 heteroatoms. The lowest BCUT2D eigenvalue weighted by Crippen LogP contribution is -2.54. The van der Waals surface area contributed by atoms with Crippen LogP contribution in [0.5, 0.6) is 0 Å². The highest BCUT2D eigenvalue weighted by Gasteiger charge is 2.58. The van der Waals surface area contributed by atoms with Crippen LogP contribution in [-0.2, 0) is 9.59 Å². The van der Waals surface area contributed by atoms with Gasteiger partial charge in [-0.15, -0.1) is 0 Å². The zero-order chi connectivity index (χ0) is 23.7. The first-order valence-corrected chi connectivity index (χ1v) is 13.2. The van der Waals surface area contributed by atoms with Gasteiger partial charge in [-0.05, 0) is 85.9 Å². The molecule has 0 bridgehead atoms. The van der Waals surface area contributed by atoms with Crippen LogP contribution < -0.4 is 0 Å². The summed E-state index contributed by atoms with van der Waals surface area (Å²) in [5.74, 6) is 2.80. The molecule has 0 unspecified atom stereocenters. The summed E-state index contributed by atoms with van der Waals surface area (Å²) < 4.78 is 0. The minimum Gasteiger partial charge on any atom is -0.299 e. The molecule has 0 aromatic rings. The van der Waals surface area contributed by atoms with Crippen LogP contribution in [0.4, 0.5) is 0 Å². The molecule has 0 spiro atoms. The third-order valence-corrected chi connectivity index (χ3v) is 11.4. The topological polar surface area (TPSA) is 34.1 Å². The monoisotopic (exact) mass is 438 g/mol. The Morgan fingerprint density at radius 3 is 1.34 bits per heavy atom. The predicted molar refractivity (Wildman–Crippen MR) is 132 cm³/mol. The van der Waals surface area contributed by atoms with E-state index in [2.05, 4.69) is 54.7 Å². The molecule has 4 rings (SSSR count). The second-order valence-corrected chi connectivity index (χ2v) is 13.5. The fraction of sp³-hybridized carbons (Fsp3) is 0.800. The van der Waals surface area contributed by atoms with E-state index in [0.29, 0.717) is 35.2 Å². The van der Waals surface area contributed by atoms with Gasteiger partial charge in [0.15, 0.2) is 0 Å². The van der Waals surface area contributed by atoms with Crippen molar-refractivity contribution in [1.29, 1.82) is 0 Å². The zero-order valence-electron chi connectivity index (χ0n) is 21.6. The van der Waals surface area contributed by atoms with Crippen molar-refractivity contribution in [2.75, 3.05) is 0 Å². The molecule has 0 radical (unpaired) electrons. The van der Waals surface area contributed by atoms with Crippen LogP contribution in [-0.4, -0.2) is 11.6 Å². The first-order chi connectivity index (χ1) is 14.8. The van der Waals surface area contributed by atoms with Crippen molar-refractivity contribution < 1.29 is 9.59 Å². The number of hydrogen-bond donors (Lipinski definition) is 0. The van der Waals surface area contributed by atoms with E-state index in [1.807, 2.05) is 0 Å². The smallest absolute Gasteiger partial charge is 0.138 e. The summed E-state index contributed by atoms with van der Waals surface area (Å²) in [5.41, 5.74) is 2.74. The molecular weight excluding hydrogens is 392 g/mol. The second kappa shape index (κ2) is 7.67. The van der Waals surface area contributed by atoms with Crippen LogP contribution in [0.25, 0.3) is 0 Å². The van der Waals surface area contributed by atoms with Gasteiger partial charge in [0, 0.05) is 23.7 Å². The number of rotatable bonds is 3. The normalized spacial score (nSPS) is 43.6. The van der Waals surface area contributed by atoms with Crippen LogP contribution in [0.3, 0.4) is 0 Å². The molecule has 4 aliphatic carbocycles. The molecule has 6 atom stereocenters. The molecule has 2 nitrogen and oxygen atoms in total. The summed E-state index contributed by atoms with van der Waals surface area (Å²) in [5, 5.41) is 0. The first-order valence-electron chi connectivity index (χ1n) is 13.2. The number of carbonyl (C=O) groups excluding carboxylic acids is 2. The number of Topliss-reactive ketones (excluding diaryl/α,β-unsaturated/α-hetero) is 2. The molecule has 4 saturated carbocycles. The average molecular weight is 439 g/mol. The number of hydrogen-bond acceptors (Lipinski definition) is 2. The molecule has 0 aromatic carbocycles. The Hall–Kier alpha value is -1.18. The van der Waals surface area contributed by atoms with Gasteiger partial charge in [-0.2, -0.15) is 0 Å². The molecule has 0 aromatic heterocycles. The van der Waals surface area contributed by atoms with Crippen molar-refractivity contribution in [1.82, 2.24) is 0 Å². The SMILES string of the molecule is C=C1CC[C@H]2C(C)(C)C(=O)CC[C@]2(C)[C@H]1CC[C@H]1C(=C)CC[C@H]2C(C)(C)C(=O)CC[C@]12C. The maximum atomic E-state index is 12.8. The van der Waals surface area contributed by atoms with Crippen molar-refractivity contribution in [3.05, 3.63) is 24.3 Å². The molecule has 0 aliphatic heterocycles. The van der Waals surface area contributed by atoms with Crippen LogP contribution >= 0.6 is 0 Å². The molecular formula is C30H46O2. The molecule has 4 aliphatic rings. The third kappa shape index (κ3) is 3.33. The van der Waals surface area contributed by atoms with Gasteiger partial charge in [-0.25, -0.2) is 0 Å². The summed E-state index contributed by atoms with van der Waals surface area (Å²) in [7, 11) is 0. The van der Waals surface area contributed by atoms with Crippen molar-refractivity contribution in [2.45, 2.75) is 106 Å². The molecule has 0 heterocycles. The van der Waals surface area contributed by atoms with E-state index in [-0.39, 0.29) is 21.7 Å². The lowest BCUT2D eigenvalue weighted by molar-refractivity contribution is -0.147. The Bertz CT molecular complexity index is 775. The Morgan fingerprint density at radius 1 is 0.656 bits per heavy atom. The van der Waals surface area contributed by atoms with Gasteiger partial charge in [0.2, 0.25) is 0 Å². The molecule has 32 heavy (non-hydrogen) atoms. The van der Waals surface area contributed by atoms with Gasteiger partial charge < -0.3 is 0 Å². The van der Waals surface area contributed by atoms with E-state index < -0.39 is 0 Å². The molecule has 178 valence electrons. The summed E-state index contributed by atoms with van der Waals surface area (Å²) in [6.45, 7) is 22.8. The van der Waals surface area contributed by atoms with Gasteiger partial charge in [-0.1, -0.05) is 65.8 Å². The maximum Gasteiger partial charge on any atom is 0.138 e. The summed E-state index contributed by atoms with van der Waals surface area (Å²) in [6, 6.07) is 0. The number of fused-ring (bicyclic) bond motifs is 2. The fourth-order valence-electron chi connectivity index (χ4n) is 9.35. The van der Waals surface area contributed by atoms with Crippen molar-refractivity contribution in [3.8, 4) is 0 Å². The van der Waals surface area contributed by atoms with Gasteiger partial charge in [0.05, 0.1) is 0 Å². The average Bonchev–Trinajstić information content (AvgIpc) is 2.69. The quantitative estimate of drug-likeness (QED) is 0.423. The third-order valence-electron chi connectivity index (χ3n) is 11.4. The first kappa shape index (κ1) is 24.0. The summed E-state index contributed by atoms with van der Waals surface area (Å²) >= 11 is 0. The van der Waals surface area contributed by atoms with Gasteiger partial charge in [0.25, 0.3) is 0 Å². The van der Waals surface area contributed by atoms with Gasteiger partial charge in [-0.3, -0.25) is 9.59 Å². The van der Waals surface area contributed by atoms with Crippen molar-refractivity contribution in [3.63, 3.8) is 0 Å². The fourth-order valence-corrected chi connectivity index (χ4v) is 9.35. The minimum atomic E-state index is -0.217. The lowest BCUT2D eigenvalue weighted by atomic mass is 9.45. The van der Waals surface area contributed by atoms with Crippen LogP contribution in [0.15, 0.2) is 24.3 Å². The van der Waals surface area contributed by atoms with Gasteiger partial charge in [0.1, 0.15) is 11.6 Å². The van der Waals surface area contributed by atoms with Crippen molar-refractivity contribution >= 4 is 11.6 Å². The predicted octanol–water partition coefficient (Wildman–Crippen LogP) is 7.72. The molecule has 4 fully saturated rings. The number of allylic oxidation sites excluding steroid dienone is 2. The van der Waals surface area contributed by atoms with Crippen molar-refractivity contribution in [2.24, 2.45) is 45.3 Å². The molecule has 0 amide bonds. The number of ketones is 2. The second-order valence-electron chi connectivity index (χ2n) is 13.5. The van der Waals surface area contributed by atoms with E-state index in [4.69, 9.17) is 0 Å². The highest BCUT2D eigenvalue weighted by molar-refractivity contribution is 5.86. The van der Waals surface area contributed by atoms with E-state index in [0.717, 1.165) is 64.2 Å². The minimum absolute atomic E-state index is 0.171. The Kier molecular flexibility index (Phi) is 5.74. The Balaban J connectivity index is 1.59. The lowest BCUT2D eigenvalue weighted by Gasteiger charge is -2.59. The molecule has 0 saturated heterocycles. The summed E-state index contributed by atoms with van der Waals surface area (Å²) in [6.07, 6.45) is 10.1. The van der Waals surface area contributed by atoms with Crippen LogP contribution in [0, 0.1) is 45.3 Å². The Labute approximate surface area is 196 Å². The van der Waals surface area contributed by atoms with E-state index in [9.17, 15) is 9.59 Å². The number of carbonyl (C=O) groups is 2. The summed E-state index contributed by atoms with van der Waals surface area (Å²) in [4.78, 5) is 25.5. The maximum absolute atomic E-state index is 12.8. The molecule has 0 N–H and O–H groups in total. The largest absolute Gasteiger partial charge is 0.299 e. The standard InChI is InChI=1S/C30H46O2/c1-19-9-13-23-27(3,4)25(31)15-17-29(23,7)21(19)11-12-22-20(2)10-14-24-28(5,6)26(32)16-18-30(22,24)8/h21-24H,1-2,9-18H2,3-8H3/t21-,22-,23-,24-,29+,30+/m0/s1. The van der Waals surface area contributed by atoms with Crippen LogP contribution in [0.2, 0.25) is 0 Å². The van der Waals surface area contributed by atoms with E-state index in [1.165, 1.54) is 11.1 Å². The zero-order valence-corrected chi connectivity index (χ0v) is 21.6.